The summed E-state index contributed by atoms with van der Waals surface area (Å²) in [5, 5.41) is 3.85. The Morgan fingerprint density at radius 3 is 2.73 bits per heavy atom. The lowest BCUT2D eigenvalue weighted by Crippen LogP contribution is -2.37. The Bertz CT molecular complexity index is 991. The zero-order chi connectivity index (χ0) is 21.1. The molecule has 1 aliphatic heterocycles. The van der Waals surface area contributed by atoms with Crippen LogP contribution in [0.4, 0.5) is 9.39 Å². The number of anilines is 1. The van der Waals surface area contributed by atoms with Gasteiger partial charge in [-0.3, -0.25) is 9.69 Å². The first-order valence-electron chi connectivity index (χ1n) is 10.5. The van der Waals surface area contributed by atoms with E-state index < -0.39 is 0 Å². The molecule has 1 aromatic carbocycles. The van der Waals surface area contributed by atoms with Crippen molar-refractivity contribution >= 4 is 22.2 Å². The van der Waals surface area contributed by atoms with Crippen LogP contribution in [0.1, 0.15) is 59.3 Å². The Hall–Kier alpha value is -2.44. The van der Waals surface area contributed by atoms with Crippen LogP contribution in [0.2, 0.25) is 0 Å². The summed E-state index contributed by atoms with van der Waals surface area (Å²) < 4.78 is 19.4. The molecule has 1 amide bonds. The first-order chi connectivity index (χ1) is 14.5. The standard InChI is InChI=1S/C24H27FN2O2S/c1-3-19-15-20(24(30-19)26-23(28)21-8-5-13-29-21)22(17-6-4-7-18(25)14-17)27-11-9-16(2)10-12-27/h4-8,13-16,22H,3,9-12H2,1-2H3,(H,26,28). The number of aryl methyl sites for hydroxylation is 1. The van der Waals surface area contributed by atoms with Gasteiger partial charge in [0.05, 0.1) is 12.3 Å². The molecule has 3 heterocycles. The van der Waals surface area contributed by atoms with Gasteiger partial charge in [0.15, 0.2) is 5.76 Å². The summed E-state index contributed by atoms with van der Waals surface area (Å²) in [6, 6.07) is 12.2. The van der Waals surface area contributed by atoms with Crippen molar-refractivity contribution in [3.05, 3.63) is 76.3 Å². The third-order valence-electron chi connectivity index (χ3n) is 5.77. The molecular weight excluding hydrogens is 399 g/mol. The zero-order valence-corrected chi connectivity index (χ0v) is 18.2. The lowest BCUT2D eigenvalue weighted by atomic mass is 9.92. The van der Waals surface area contributed by atoms with Crippen molar-refractivity contribution in [2.75, 3.05) is 18.4 Å². The molecule has 1 atom stereocenters. The van der Waals surface area contributed by atoms with Crippen molar-refractivity contribution in [2.24, 2.45) is 5.92 Å². The Morgan fingerprint density at radius 2 is 2.07 bits per heavy atom. The fourth-order valence-corrected chi connectivity index (χ4v) is 5.08. The number of carbonyl (C=O) groups excluding carboxylic acids is 1. The Labute approximate surface area is 180 Å². The fraction of sp³-hybridized carbons (Fsp3) is 0.375. The average Bonchev–Trinajstić information content (AvgIpc) is 3.40. The highest BCUT2D eigenvalue weighted by Crippen LogP contribution is 2.41. The largest absolute Gasteiger partial charge is 0.459 e. The van der Waals surface area contributed by atoms with Crippen LogP contribution in [0, 0.1) is 11.7 Å². The number of piperidine rings is 1. The Balaban J connectivity index is 1.74. The lowest BCUT2D eigenvalue weighted by molar-refractivity contribution is 0.0996. The van der Waals surface area contributed by atoms with Gasteiger partial charge in [-0.1, -0.05) is 26.0 Å². The number of hydrogen-bond acceptors (Lipinski definition) is 4. The summed E-state index contributed by atoms with van der Waals surface area (Å²) in [6.07, 6.45) is 4.60. The van der Waals surface area contributed by atoms with Gasteiger partial charge in [0.2, 0.25) is 0 Å². The molecule has 1 saturated heterocycles. The number of rotatable bonds is 6. The molecule has 0 saturated carbocycles. The van der Waals surface area contributed by atoms with Crippen molar-refractivity contribution < 1.29 is 13.6 Å². The van der Waals surface area contributed by atoms with Gasteiger partial charge in [0.25, 0.3) is 5.91 Å². The molecule has 6 heteroatoms. The van der Waals surface area contributed by atoms with Crippen LogP contribution in [0.15, 0.2) is 53.1 Å². The predicted octanol–water partition coefficient (Wildman–Crippen LogP) is 6.12. The molecular formula is C24H27FN2O2S. The van der Waals surface area contributed by atoms with Gasteiger partial charge >= 0.3 is 0 Å². The molecule has 1 aliphatic rings. The number of benzene rings is 1. The third-order valence-corrected chi connectivity index (χ3v) is 6.99. The minimum Gasteiger partial charge on any atom is -0.459 e. The maximum absolute atomic E-state index is 14.1. The molecule has 1 unspecified atom stereocenters. The maximum atomic E-state index is 14.1. The van der Waals surface area contributed by atoms with E-state index in [1.807, 2.05) is 6.07 Å². The molecule has 3 aromatic rings. The topological polar surface area (TPSA) is 45.5 Å². The second-order valence-corrected chi connectivity index (χ2v) is 9.09. The average molecular weight is 427 g/mol. The first kappa shape index (κ1) is 20.8. The molecule has 2 aromatic heterocycles. The molecule has 4 nitrogen and oxygen atoms in total. The van der Waals surface area contributed by atoms with Gasteiger partial charge in [-0.15, -0.1) is 11.3 Å². The van der Waals surface area contributed by atoms with Crippen molar-refractivity contribution in [3.63, 3.8) is 0 Å². The lowest BCUT2D eigenvalue weighted by Gasteiger charge is -2.37. The van der Waals surface area contributed by atoms with E-state index in [1.54, 1.807) is 35.6 Å². The molecule has 30 heavy (non-hydrogen) atoms. The number of carbonyl (C=O) groups is 1. The summed E-state index contributed by atoms with van der Waals surface area (Å²) in [6.45, 7) is 6.28. The SMILES string of the molecule is CCc1cc(C(c2cccc(F)c2)N2CCC(C)CC2)c(NC(=O)c2ccco2)s1. The second kappa shape index (κ2) is 9.14. The minimum absolute atomic E-state index is 0.100. The van der Waals surface area contributed by atoms with Crippen LogP contribution in [0.5, 0.6) is 0 Å². The summed E-state index contributed by atoms with van der Waals surface area (Å²) >= 11 is 1.58. The molecule has 4 rings (SSSR count). The van der Waals surface area contributed by atoms with Gasteiger partial charge in [0, 0.05) is 10.4 Å². The highest BCUT2D eigenvalue weighted by atomic mass is 32.1. The van der Waals surface area contributed by atoms with Crippen molar-refractivity contribution in [3.8, 4) is 0 Å². The number of likely N-dealkylation sites (tertiary alicyclic amines) is 1. The summed E-state index contributed by atoms with van der Waals surface area (Å²) in [5.74, 6) is 0.466. The molecule has 1 N–H and O–H groups in total. The van der Waals surface area contributed by atoms with Crippen molar-refractivity contribution in [1.82, 2.24) is 4.90 Å². The van der Waals surface area contributed by atoms with Crippen LogP contribution in [-0.2, 0) is 6.42 Å². The fourth-order valence-electron chi connectivity index (χ4n) is 4.06. The summed E-state index contributed by atoms with van der Waals surface area (Å²) in [5.41, 5.74) is 1.94. The number of nitrogens with one attached hydrogen (secondary N) is 1. The van der Waals surface area contributed by atoms with Gasteiger partial charge in [-0.05, 0) is 74.2 Å². The number of thiophene rings is 1. The zero-order valence-electron chi connectivity index (χ0n) is 17.4. The van der Waals surface area contributed by atoms with Crippen molar-refractivity contribution in [1.29, 1.82) is 0 Å². The normalized spacial score (nSPS) is 16.5. The van der Waals surface area contributed by atoms with E-state index in [2.05, 4.69) is 30.1 Å². The van der Waals surface area contributed by atoms with Gasteiger partial charge in [0.1, 0.15) is 10.8 Å². The van der Waals surface area contributed by atoms with E-state index in [1.165, 1.54) is 17.2 Å². The quantitative estimate of drug-likeness (QED) is 0.517. The number of hydrogen-bond donors (Lipinski definition) is 1. The molecule has 0 radical (unpaired) electrons. The Morgan fingerprint density at radius 1 is 1.27 bits per heavy atom. The van der Waals surface area contributed by atoms with Crippen LogP contribution >= 0.6 is 11.3 Å². The number of nitrogens with zero attached hydrogens (tertiary/aromatic N) is 1. The molecule has 1 fully saturated rings. The van der Waals surface area contributed by atoms with E-state index in [0.29, 0.717) is 5.92 Å². The highest BCUT2D eigenvalue weighted by Gasteiger charge is 2.30. The molecule has 0 bridgehead atoms. The number of amides is 1. The van der Waals surface area contributed by atoms with Gasteiger partial charge in [-0.2, -0.15) is 0 Å². The van der Waals surface area contributed by atoms with Crippen LogP contribution in [-0.4, -0.2) is 23.9 Å². The highest BCUT2D eigenvalue weighted by molar-refractivity contribution is 7.16. The van der Waals surface area contributed by atoms with E-state index >= 15 is 0 Å². The first-order valence-corrected chi connectivity index (χ1v) is 11.3. The van der Waals surface area contributed by atoms with E-state index in [0.717, 1.165) is 48.5 Å². The summed E-state index contributed by atoms with van der Waals surface area (Å²) in [4.78, 5) is 16.3. The molecule has 0 spiro atoms. The molecule has 0 aliphatic carbocycles. The smallest absolute Gasteiger partial charge is 0.291 e. The number of furan rings is 1. The van der Waals surface area contributed by atoms with Gasteiger partial charge < -0.3 is 9.73 Å². The van der Waals surface area contributed by atoms with Crippen molar-refractivity contribution in [2.45, 2.75) is 39.2 Å². The van der Waals surface area contributed by atoms with Crippen LogP contribution in [0.3, 0.4) is 0 Å². The van der Waals surface area contributed by atoms with E-state index in [-0.39, 0.29) is 23.5 Å². The van der Waals surface area contributed by atoms with Crippen LogP contribution in [0.25, 0.3) is 0 Å². The Kier molecular flexibility index (Phi) is 6.35. The summed E-state index contributed by atoms with van der Waals surface area (Å²) in [7, 11) is 0. The monoisotopic (exact) mass is 426 g/mol. The number of halogens is 1. The van der Waals surface area contributed by atoms with E-state index in [4.69, 9.17) is 4.42 Å². The van der Waals surface area contributed by atoms with Gasteiger partial charge in [-0.25, -0.2) is 4.39 Å². The second-order valence-electron chi connectivity index (χ2n) is 7.96. The minimum atomic E-state index is -0.268. The van der Waals surface area contributed by atoms with E-state index in [9.17, 15) is 9.18 Å². The third kappa shape index (κ3) is 4.50. The predicted molar refractivity (Wildman–Crippen MR) is 119 cm³/mol. The van der Waals surface area contributed by atoms with Crippen LogP contribution < -0.4 is 5.32 Å². The maximum Gasteiger partial charge on any atom is 0.291 e. The molecule has 158 valence electrons.